The van der Waals surface area contributed by atoms with Crippen molar-refractivity contribution < 1.29 is 17.6 Å². The lowest BCUT2D eigenvalue weighted by molar-refractivity contribution is -0.133. The van der Waals surface area contributed by atoms with Crippen LogP contribution < -0.4 is 4.72 Å². The molecular weight excluding hydrogens is 477 g/mol. The number of anilines is 1. The van der Waals surface area contributed by atoms with Crippen molar-refractivity contribution in [1.29, 1.82) is 0 Å². The number of fused-ring (bicyclic) bond motifs is 2. The molecule has 5 rings (SSSR count). The topological polar surface area (TPSA) is 108 Å². The van der Waals surface area contributed by atoms with Crippen LogP contribution in [0.25, 0.3) is 10.9 Å². The van der Waals surface area contributed by atoms with Crippen LogP contribution in [0.5, 0.6) is 0 Å². The predicted molar refractivity (Wildman–Crippen MR) is 127 cm³/mol. The van der Waals surface area contributed by atoms with Crippen LogP contribution in [-0.4, -0.2) is 34.4 Å². The van der Waals surface area contributed by atoms with Crippen LogP contribution >= 0.6 is 11.3 Å². The van der Waals surface area contributed by atoms with E-state index in [-0.39, 0.29) is 28.3 Å². The number of halogens is 1. The Kier molecular flexibility index (Phi) is 5.61. The molecule has 1 aliphatic heterocycles. The summed E-state index contributed by atoms with van der Waals surface area (Å²) in [6.07, 6.45) is 2.35. The van der Waals surface area contributed by atoms with E-state index in [1.165, 1.54) is 23.5 Å². The van der Waals surface area contributed by atoms with E-state index in [1.54, 1.807) is 42.3 Å². The van der Waals surface area contributed by atoms with Crippen LogP contribution in [0.4, 0.5) is 9.52 Å². The van der Waals surface area contributed by atoms with Crippen LogP contribution in [0.1, 0.15) is 41.5 Å². The van der Waals surface area contributed by atoms with E-state index in [9.17, 15) is 17.6 Å². The van der Waals surface area contributed by atoms with Gasteiger partial charge in [0.05, 0.1) is 10.8 Å². The van der Waals surface area contributed by atoms with Crippen molar-refractivity contribution in [1.82, 2.24) is 20.1 Å². The molecule has 34 heavy (non-hydrogen) atoms. The molecule has 0 saturated heterocycles. The van der Waals surface area contributed by atoms with Gasteiger partial charge in [-0.1, -0.05) is 30.4 Å². The molecule has 0 aliphatic carbocycles. The first-order valence-electron chi connectivity index (χ1n) is 10.8. The molecule has 1 unspecified atom stereocenters. The number of aryl methyl sites for hydroxylation is 1. The SMILES string of the molecule is CCc1nnc(NS(=O)(=O)c2ccc3c(c2)CN(C(=O)C(C)c2c[nH]c4cccc(F)c24)C3)s1. The molecule has 11 heteroatoms. The summed E-state index contributed by atoms with van der Waals surface area (Å²) in [6, 6.07) is 9.60. The van der Waals surface area contributed by atoms with E-state index in [0.29, 0.717) is 29.4 Å². The summed E-state index contributed by atoms with van der Waals surface area (Å²) in [4.78, 5) is 18.1. The second-order valence-electron chi connectivity index (χ2n) is 8.21. The van der Waals surface area contributed by atoms with E-state index < -0.39 is 15.9 Å². The van der Waals surface area contributed by atoms with Crippen molar-refractivity contribution in [3.63, 3.8) is 0 Å². The number of benzene rings is 2. The van der Waals surface area contributed by atoms with E-state index >= 15 is 0 Å². The second-order valence-corrected chi connectivity index (χ2v) is 11.0. The number of carbonyl (C=O) groups excluding carboxylic acids is 1. The molecule has 1 amide bonds. The third-order valence-corrected chi connectivity index (χ3v) is 8.48. The fraction of sp³-hybridized carbons (Fsp3) is 0.261. The Morgan fingerprint density at radius 3 is 2.79 bits per heavy atom. The molecule has 0 bridgehead atoms. The maximum Gasteiger partial charge on any atom is 0.263 e. The zero-order valence-corrected chi connectivity index (χ0v) is 20.1. The predicted octanol–water partition coefficient (Wildman–Crippen LogP) is 4.17. The Bertz CT molecular complexity index is 1510. The maximum atomic E-state index is 14.4. The van der Waals surface area contributed by atoms with Crippen molar-refractivity contribution in [3.8, 4) is 0 Å². The van der Waals surface area contributed by atoms with Gasteiger partial charge in [0.25, 0.3) is 10.0 Å². The Balaban J connectivity index is 1.35. The fourth-order valence-corrected chi connectivity index (χ4v) is 6.18. The average molecular weight is 500 g/mol. The number of hydrogen-bond acceptors (Lipinski definition) is 6. The number of nitrogens with one attached hydrogen (secondary N) is 2. The standard InChI is InChI=1S/C23H22FN5O3S2/c1-3-20-26-27-23(33-20)28-34(31,32)16-8-7-14-11-29(12-15(14)9-16)22(30)13(2)17-10-25-19-6-4-5-18(24)21(17)19/h4-10,13,25H,3,11-12H2,1-2H3,(H,27,28). The minimum absolute atomic E-state index is 0.0977. The average Bonchev–Trinajstić information content (AvgIpc) is 3.55. The lowest BCUT2D eigenvalue weighted by Gasteiger charge is -2.20. The number of H-pyrrole nitrogens is 1. The third kappa shape index (κ3) is 3.94. The summed E-state index contributed by atoms with van der Waals surface area (Å²) in [6.45, 7) is 4.33. The van der Waals surface area contributed by atoms with E-state index in [4.69, 9.17) is 0 Å². The Morgan fingerprint density at radius 2 is 2.03 bits per heavy atom. The summed E-state index contributed by atoms with van der Waals surface area (Å²) in [5.74, 6) is -1.08. The Hall–Kier alpha value is -3.31. The Labute approximate surface area is 199 Å². The first kappa shape index (κ1) is 22.5. The molecule has 1 aliphatic rings. The number of sulfonamides is 1. The summed E-state index contributed by atoms with van der Waals surface area (Å²) in [5.41, 5.74) is 2.89. The van der Waals surface area contributed by atoms with Crippen LogP contribution in [0.2, 0.25) is 0 Å². The summed E-state index contributed by atoms with van der Waals surface area (Å²) < 4.78 is 42.6. The summed E-state index contributed by atoms with van der Waals surface area (Å²) in [7, 11) is -3.84. The van der Waals surface area contributed by atoms with Gasteiger partial charge in [0, 0.05) is 30.2 Å². The molecule has 176 valence electrons. The minimum atomic E-state index is -3.84. The molecule has 0 saturated carbocycles. The van der Waals surface area contributed by atoms with Crippen LogP contribution in [0.3, 0.4) is 0 Å². The van der Waals surface area contributed by atoms with Gasteiger partial charge in [0.1, 0.15) is 10.8 Å². The van der Waals surface area contributed by atoms with Gasteiger partial charge in [-0.05, 0) is 54.3 Å². The highest BCUT2D eigenvalue weighted by Gasteiger charge is 2.30. The van der Waals surface area contributed by atoms with Gasteiger partial charge in [-0.3, -0.25) is 9.52 Å². The monoisotopic (exact) mass is 499 g/mol. The third-order valence-electron chi connectivity index (χ3n) is 6.04. The lowest BCUT2D eigenvalue weighted by atomic mass is 9.99. The van der Waals surface area contributed by atoms with Gasteiger partial charge < -0.3 is 9.88 Å². The lowest BCUT2D eigenvalue weighted by Crippen LogP contribution is -2.29. The number of carbonyl (C=O) groups is 1. The molecule has 4 aromatic rings. The molecule has 2 aromatic carbocycles. The number of hydrogen-bond donors (Lipinski definition) is 2. The van der Waals surface area contributed by atoms with Gasteiger partial charge in [-0.25, -0.2) is 12.8 Å². The van der Waals surface area contributed by atoms with Crippen molar-refractivity contribution in [2.75, 3.05) is 4.72 Å². The van der Waals surface area contributed by atoms with E-state index in [2.05, 4.69) is 19.9 Å². The zero-order chi connectivity index (χ0) is 24.0. The number of aromatic amines is 1. The number of rotatable bonds is 6. The van der Waals surface area contributed by atoms with Gasteiger partial charge in [0.2, 0.25) is 11.0 Å². The van der Waals surface area contributed by atoms with Crippen molar-refractivity contribution in [2.45, 2.75) is 44.2 Å². The van der Waals surface area contributed by atoms with Crippen molar-refractivity contribution in [3.05, 3.63) is 70.1 Å². The first-order valence-corrected chi connectivity index (χ1v) is 13.1. The largest absolute Gasteiger partial charge is 0.361 e. The van der Waals surface area contributed by atoms with Crippen LogP contribution in [0.15, 0.2) is 47.5 Å². The molecule has 3 heterocycles. The molecule has 0 fully saturated rings. The second kappa shape index (κ2) is 8.48. The normalized spacial score (nSPS) is 14.4. The highest BCUT2D eigenvalue weighted by molar-refractivity contribution is 7.93. The van der Waals surface area contributed by atoms with Crippen LogP contribution in [-0.2, 0) is 34.3 Å². The van der Waals surface area contributed by atoms with Gasteiger partial charge in [-0.15, -0.1) is 10.2 Å². The number of nitrogens with zero attached hydrogens (tertiary/aromatic N) is 3. The first-order chi connectivity index (χ1) is 16.3. The van der Waals surface area contributed by atoms with Gasteiger partial charge in [-0.2, -0.15) is 0 Å². The number of aromatic nitrogens is 3. The highest BCUT2D eigenvalue weighted by atomic mass is 32.2. The molecule has 1 atom stereocenters. The van der Waals surface area contributed by atoms with Crippen LogP contribution in [0, 0.1) is 5.82 Å². The summed E-state index contributed by atoms with van der Waals surface area (Å²) >= 11 is 1.19. The van der Waals surface area contributed by atoms with Gasteiger partial charge in [0.15, 0.2) is 0 Å². The maximum absolute atomic E-state index is 14.4. The molecule has 0 radical (unpaired) electrons. The molecule has 8 nitrogen and oxygen atoms in total. The molecule has 0 spiro atoms. The molecular formula is C23H22FN5O3S2. The molecule has 2 aromatic heterocycles. The van der Waals surface area contributed by atoms with Gasteiger partial charge >= 0.3 is 0 Å². The smallest absolute Gasteiger partial charge is 0.263 e. The van der Waals surface area contributed by atoms with Crippen molar-refractivity contribution >= 4 is 43.3 Å². The molecule has 2 N–H and O–H groups in total. The fourth-order valence-electron chi connectivity index (χ4n) is 4.22. The highest BCUT2D eigenvalue weighted by Crippen LogP contribution is 2.33. The van der Waals surface area contributed by atoms with Crippen molar-refractivity contribution in [2.24, 2.45) is 0 Å². The minimum Gasteiger partial charge on any atom is -0.361 e. The Morgan fingerprint density at radius 1 is 1.24 bits per heavy atom. The zero-order valence-electron chi connectivity index (χ0n) is 18.5. The number of amides is 1. The quantitative estimate of drug-likeness (QED) is 0.414. The van der Waals surface area contributed by atoms with E-state index in [1.807, 2.05) is 6.92 Å². The summed E-state index contributed by atoms with van der Waals surface area (Å²) in [5, 5.41) is 9.18. The van der Waals surface area contributed by atoms with E-state index in [0.717, 1.165) is 16.1 Å².